The first kappa shape index (κ1) is 15.7. The largest absolute Gasteiger partial charge is 0.328 e. The number of para-hydroxylation sites is 2. The summed E-state index contributed by atoms with van der Waals surface area (Å²) in [7, 11) is 0. The highest BCUT2D eigenvalue weighted by atomic mass is 16.1. The lowest BCUT2D eigenvalue weighted by Gasteiger charge is -2.17. The van der Waals surface area contributed by atoms with Crippen LogP contribution in [0.5, 0.6) is 0 Å². The molecule has 0 fully saturated rings. The first-order chi connectivity index (χ1) is 10.2. The van der Waals surface area contributed by atoms with Crippen LogP contribution in [-0.4, -0.2) is 39.9 Å². The van der Waals surface area contributed by atoms with Gasteiger partial charge in [0.1, 0.15) is 11.6 Å². The van der Waals surface area contributed by atoms with Crippen molar-refractivity contribution in [3.63, 3.8) is 0 Å². The predicted octanol–water partition coefficient (Wildman–Crippen LogP) is 2.90. The van der Waals surface area contributed by atoms with E-state index in [-0.39, 0.29) is 5.78 Å². The molecular formula is C17H25N3O. The first-order valence-corrected chi connectivity index (χ1v) is 7.87. The summed E-state index contributed by atoms with van der Waals surface area (Å²) in [5.74, 6) is 1.16. The molecule has 0 bridgehead atoms. The molecule has 1 heterocycles. The molecule has 4 nitrogen and oxygen atoms in total. The summed E-state index contributed by atoms with van der Waals surface area (Å²) in [4.78, 5) is 19.1. The van der Waals surface area contributed by atoms with Gasteiger partial charge < -0.3 is 9.47 Å². The number of rotatable bonds is 8. The second kappa shape index (κ2) is 7.36. The summed E-state index contributed by atoms with van der Waals surface area (Å²) in [5.41, 5.74) is 2.09. The summed E-state index contributed by atoms with van der Waals surface area (Å²) < 4.78 is 2.14. The molecule has 0 saturated carbocycles. The van der Waals surface area contributed by atoms with Crippen molar-refractivity contribution in [2.45, 2.75) is 40.2 Å². The Bertz CT molecular complexity index is 599. The van der Waals surface area contributed by atoms with Crippen molar-refractivity contribution in [2.75, 3.05) is 19.6 Å². The number of fused-ring (bicyclic) bond motifs is 1. The molecule has 0 unspecified atom stereocenters. The molecular weight excluding hydrogens is 262 g/mol. The molecule has 2 rings (SSSR count). The van der Waals surface area contributed by atoms with Crippen LogP contribution in [0.25, 0.3) is 11.0 Å². The van der Waals surface area contributed by atoms with Crippen LogP contribution in [0.1, 0.15) is 33.0 Å². The van der Waals surface area contributed by atoms with Gasteiger partial charge in [0.15, 0.2) is 0 Å². The van der Waals surface area contributed by atoms with E-state index in [0.717, 1.165) is 43.0 Å². The van der Waals surface area contributed by atoms with Crippen LogP contribution in [0, 0.1) is 0 Å². The number of aryl methyl sites for hydroxylation is 1. The Kier molecular flexibility index (Phi) is 5.51. The summed E-state index contributed by atoms with van der Waals surface area (Å²) in [6, 6.07) is 8.07. The molecule has 0 radical (unpaired) electrons. The highest BCUT2D eigenvalue weighted by Crippen LogP contribution is 2.16. The third kappa shape index (κ3) is 3.70. The Morgan fingerprint density at radius 3 is 2.57 bits per heavy atom. The number of carbonyl (C=O) groups is 1. The van der Waals surface area contributed by atoms with Crippen molar-refractivity contribution in [1.82, 2.24) is 14.5 Å². The van der Waals surface area contributed by atoms with Crippen molar-refractivity contribution >= 4 is 16.8 Å². The molecule has 0 aliphatic heterocycles. The summed E-state index contributed by atoms with van der Waals surface area (Å²) in [5, 5.41) is 0. The van der Waals surface area contributed by atoms with E-state index in [4.69, 9.17) is 0 Å². The third-order valence-electron chi connectivity index (χ3n) is 4.01. The number of Topliss-reactive ketones (excluding diaryl/α,β-unsaturated/α-hetero) is 1. The van der Waals surface area contributed by atoms with Gasteiger partial charge in [0, 0.05) is 19.5 Å². The Morgan fingerprint density at radius 2 is 1.90 bits per heavy atom. The molecule has 1 aromatic heterocycles. The number of carbonyl (C=O) groups excluding carboxylic acids is 1. The molecule has 114 valence electrons. The highest BCUT2D eigenvalue weighted by Gasteiger charge is 2.13. The fraction of sp³-hybridized carbons (Fsp3) is 0.529. The highest BCUT2D eigenvalue weighted by molar-refractivity contribution is 5.82. The molecule has 0 amide bonds. The maximum atomic E-state index is 12.2. The Hall–Kier alpha value is -1.68. The fourth-order valence-electron chi connectivity index (χ4n) is 2.70. The van der Waals surface area contributed by atoms with E-state index in [1.807, 2.05) is 18.2 Å². The summed E-state index contributed by atoms with van der Waals surface area (Å²) in [6.07, 6.45) is 1.04. The van der Waals surface area contributed by atoms with Crippen LogP contribution >= 0.6 is 0 Å². The number of imidazole rings is 1. The van der Waals surface area contributed by atoms with Crippen molar-refractivity contribution in [3.8, 4) is 0 Å². The van der Waals surface area contributed by atoms with E-state index in [2.05, 4.69) is 41.3 Å². The number of benzene rings is 1. The quantitative estimate of drug-likeness (QED) is 0.749. The Morgan fingerprint density at radius 1 is 1.19 bits per heavy atom. The number of hydrogen-bond donors (Lipinski definition) is 0. The van der Waals surface area contributed by atoms with Gasteiger partial charge >= 0.3 is 0 Å². The van der Waals surface area contributed by atoms with Crippen molar-refractivity contribution < 1.29 is 4.79 Å². The molecule has 0 N–H and O–H groups in total. The number of aromatic nitrogens is 2. The number of nitrogens with zero attached hydrogens (tertiary/aromatic N) is 3. The van der Waals surface area contributed by atoms with Crippen LogP contribution in [0.3, 0.4) is 0 Å². The standard InChI is InChI=1S/C17H25N3O/c1-4-19(5-2)12-11-14(21)13-17-18-15-9-7-8-10-16(15)20(17)6-3/h7-10H,4-6,11-13H2,1-3H3. The lowest BCUT2D eigenvalue weighted by atomic mass is 10.2. The normalized spacial score (nSPS) is 11.4. The molecule has 0 atom stereocenters. The average Bonchev–Trinajstić information content (AvgIpc) is 2.85. The predicted molar refractivity (Wildman–Crippen MR) is 86.5 cm³/mol. The van der Waals surface area contributed by atoms with Gasteiger partial charge in [0.2, 0.25) is 0 Å². The third-order valence-corrected chi connectivity index (χ3v) is 4.01. The maximum absolute atomic E-state index is 12.2. The van der Waals surface area contributed by atoms with E-state index in [0.29, 0.717) is 12.8 Å². The minimum Gasteiger partial charge on any atom is -0.328 e. The second-order valence-corrected chi connectivity index (χ2v) is 5.25. The molecule has 0 spiro atoms. The van der Waals surface area contributed by atoms with Crippen LogP contribution in [-0.2, 0) is 17.8 Å². The van der Waals surface area contributed by atoms with Crippen molar-refractivity contribution in [2.24, 2.45) is 0 Å². The molecule has 4 heteroatoms. The first-order valence-electron chi connectivity index (χ1n) is 7.87. The molecule has 2 aromatic rings. The molecule has 0 saturated heterocycles. The lowest BCUT2D eigenvalue weighted by Crippen LogP contribution is -2.26. The second-order valence-electron chi connectivity index (χ2n) is 5.25. The van der Waals surface area contributed by atoms with Crippen LogP contribution in [0.2, 0.25) is 0 Å². The van der Waals surface area contributed by atoms with Gasteiger partial charge in [-0.05, 0) is 32.1 Å². The van der Waals surface area contributed by atoms with Gasteiger partial charge in [-0.15, -0.1) is 0 Å². The van der Waals surface area contributed by atoms with Gasteiger partial charge in [0.25, 0.3) is 0 Å². The lowest BCUT2D eigenvalue weighted by molar-refractivity contribution is -0.118. The molecule has 0 aliphatic carbocycles. The Balaban J connectivity index is 2.07. The van der Waals surface area contributed by atoms with E-state index in [1.54, 1.807) is 0 Å². The van der Waals surface area contributed by atoms with E-state index in [1.165, 1.54) is 0 Å². The van der Waals surface area contributed by atoms with Crippen LogP contribution in [0.15, 0.2) is 24.3 Å². The molecule has 21 heavy (non-hydrogen) atoms. The van der Waals surface area contributed by atoms with E-state index < -0.39 is 0 Å². The van der Waals surface area contributed by atoms with Crippen LogP contribution < -0.4 is 0 Å². The van der Waals surface area contributed by atoms with Gasteiger partial charge in [-0.2, -0.15) is 0 Å². The van der Waals surface area contributed by atoms with Gasteiger partial charge in [-0.25, -0.2) is 4.98 Å². The van der Waals surface area contributed by atoms with E-state index in [9.17, 15) is 4.79 Å². The zero-order valence-electron chi connectivity index (χ0n) is 13.3. The zero-order valence-corrected chi connectivity index (χ0v) is 13.3. The van der Waals surface area contributed by atoms with E-state index >= 15 is 0 Å². The van der Waals surface area contributed by atoms with Crippen molar-refractivity contribution in [3.05, 3.63) is 30.1 Å². The monoisotopic (exact) mass is 287 g/mol. The Labute approximate surface area is 126 Å². The molecule has 1 aromatic carbocycles. The number of hydrogen-bond acceptors (Lipinski definition) is 3. The van der Waals surface area contributed by atoms with Crippen LogP contribution in [0.4, 0.5) is 0 Å². The van der Waals surface area contributed by atoms with Gasteiger partial charge in [-0.3, -0.25) is 4.79 Å². The van der Waals surface area contributed by atoms with Gasteiger partial charge in [0.05, 0.1) is 17.5 Å². The maximum Gasteiger partial charge on any atom is 0.141 e. The summed E-state index contributed by atoms with van der Waals surface area (Å²) >= 11 is 0. The average molecular weight is 287 g/mol. The minimum atomic E-state index is 0.270. The smallest absolute Gasteiger partial charge is 0.141 e. The van der Waals surface area contributed by atoms with Gasteiger partial charge in [-0.1, -0.05) is 26.0 Å². The minimum absolute atomic E-state index is 0.270. The SMILES string of the molecule is CCN(CC)CCC(=O)Cc1nc2ccccc2n1CC. The topological polar surface area (TPSA) is 38.1 Å². The zero-order chi connectivity index (χ0) is 15.2. The molecule has 0 aliphatic rings. The fourth-order valence-corrected chi connectivity index (χ4v) is 2.70. The summed E-state index contributed by atoms with van der Waals surface area (Å²) in [6.45, 7) is 10.0. The number of ketones is 1. The van der Waals surface area contributed by atoms with Crippen molar-refractivity contribution in [1.29, 1.82) is 0 Å².